The van der Waals surface area contributed by atoms with Crippen LogP contribution in [0.25, 0.3) is 11.1 Å². The van der Waals surface area contributed by atoms with E-state index in [0.717, 1.165) is 18.4 Å². The molecule has 0 unspecified atom stereocenters. The number of amides is 1. The minimum atomic E-state index is -4.37. The van der Waals surface area contributed by atoms with Gasteiger partial charge in [-0.1, -0.05) is 23.7 Å². The van der Waals surface area contributed by atoms with Gasteiger partial charge < -0.3 is 19.4 Å². The summed E-state index contributed by atoms with van der Waals surface area (Å²) in [5, 5.41) is 2.49. The Bertz CT molecular complexity index is 1420. The number of ether oxygens (including phenoxy) is 2. The second kappa shape index (κ2) is 11.0. The molecule has 3 aromatic rings. The van der Waals surface area contributed by atoms with E-state index in [2.05, 4.69) is 10.0 Å². The first-order valence-corrected chi connectivity index (χ1v) is 12.7. The number of hydrogen-bond donors (Lipinski definition) is 2. The number of aromatic nitrogens is 1. The molecule has 1 aromatic carbocycles. The highest BCUT2D eigenvalue weighted by atomic mass is 35.5. The molecule has 0 spiro atoms. The number of carbonyl (C=O) groups excluding carboxylic acids is 2. The summed E-state index contributed by atoms with van der Waals surface area (Å²) in [5.74, 6) is -1.52. The number of methoxy groups -OCH3 is 2. The standard InChI is InChI=1S/C22H22ClN3O7S2/c1-26-11-5-7-14(21(26)28)13-6-4-8-17(19(13)32-2)35(30,31)25-15(22(29)33-3)12-24-20(27)16-9-10-18(23)34-16/h4-11,15,25H,12H2,1-3H3,(H,24,27)/t15-/m0/s1. The lowest BCUT2D eigenvalue weighted by atomic mass is 10.1. The van der Waals surface area contributed by atoms with Crippen LogP contribution >= 0.6 is 22.9 Å². The number of esters is 1. The van der Waals surface area contributed by atoms with Crippen molar-refractivity contribution in [3.8, 4) is 16.9 Å². The second-order valence-corrected chi connectivity index (χ2v) is 10.6. The first-order valence-electron chi connectivity index (χ1n) is 10.1. The molecule has 1 amide bonds. The van der Waals surface area contributed by atoms with Crippen LogP contribution in [0.3, 0.4) is 0 Å². The lowest BCUT2D eigenvalue weighted by Crippen LogP contribution is -2.48. The highest BCUT2D eigenvalue weighted by molar-refractivity contribution is 7.89. The fourth-order valence-electron chi connectivity index (χ4n) is 3.24. The van der Waals surface area contributed by atoms with E-state index >= 15 is 0 Å². The van der Waals surface area contributed by atoms with E-state index in [1.165, 1.54) is 29.9 Å². The van der Waals surface area contributed by atoms with Crippen LogP contribution in [0.5, 0.6) is 5.75 Å². The average Bonchev–Trinajstić information content (AvgIpc) is 3.28. The summed E-state index contributed by atoms with van der Waals surface area (Å²) in [5.41, 5.74) is 0.140. The summed E-state index contributed by atoms with van der Waals surface area (Å²) in [6.45, 7) is -0.387. The lowest BCUT2D eigenvalue weighted by Gasteiger charge is -2.19. The Hall–Kier alpha value is -3.19. The minimum Gasteiger partial charge on any atom is -0.495 e. The smallest absolute Gasteiger partial charge is 0.325 e. The summed E-state index contributed by atoms with van der Waals surface area (Å²) in [7, 11) is -0.437. The molecular formula is C22H22ClN3O7S2. The third kappa shape index (κ3) is 5.90. The number of hydrogen-bond acceptors (Lipinski definition) is 8. The Morgan fingerprint density at radius 3 is 2.46 bits per heavy atom. The number of nitrogens with one attached hydrogen (secondary N) is 2. The molecule has 3 rings (SSSR count). The molecule has 10 nitrogen and oxygen atoms in total. The molecule has 2 aromatic heterocycles. The Labute approximate surface area is 210 Å². The number of rotatable bonds is 9. The van der Waals surface area contributed by atoms with Gasteiger partial charge in [-0.25, -0.2) is 8.42 Å². The molecule has 2 heterocycles. The molecule has 186 valence electrons. The number of benzene rings is 1. The van der Waals surface area contributed by atoms with Crippen molar-refractivity contribution in [1.82, 2.24) is 14.6 Å². The van der Waals surface area contributed by atoms with Crippen LogP contribution in [0.4, 0.5) is 0 Å². The van der Waals surface area contributed by atoms with E-state index < -0.39 is 27.9 Å². The molecule has 0 saturated heterocycles. The van der Waals surface area contributed by atoms with Crippen LogP contribution in [0.15, 0.2) is 58.4 Å². The third-order valence-corrected chi connectivity index (χ3v) is 7.66. The predicted octanol–water partition coefficient (Wildman–Crippen LogP) is 2.03. The van der Waals surface area contributed by atoms with Crippen LogP contribution in [-0.2, 0) is 26.6 Å². The molecule has 2 N–H and O–H groups in total. The van der Waals surface area contributed by atoms with Crippen molar-refractivity contribution in [1.29, 1.82) is 0 Å². The number of halogens is 1. The van der Waals surface area contributed by atoms with E-state index in [1.807, 2.05) is 0 Å². The van der Waals surface area contributed by atoms with Crippen molar-refractivity contribution in [3.63, 3.8) is 0 Å². The first-order chi connectivity index (χ1) is 16.6. The average molecular weight is 540 g/mol. The van der Waals surface area contributed by atoms with Crippen molar-refractivity contribution >= 4 is 44.8 Å². The Kier molecular flexibility index (Phi) is 8.33. The molecule has 13 heteroatoms. The summed E-state index contributed by atoms with van der Waals surface area (Å²) in [4.78, 5) is 37.2. The second-order valence-electron chi connectivity index (χ2n) is 7.19. The maximum absolute atomic E-state index is 13.3. The molecule has 0 bridgehead atoms. The first kappa shape index (κ1) is 26.4. The zero-order valence-electron chi connectivity index (χ0n) is 18.9. The molecule has 0 fully saturated rings. The van der Waals surface area contributed by atoms with E-state index in [0.29, 0.717) is 9.21 Å². The normalized spacial score (nSPS) is 12.1. The van der Waals surface area contributed by atoms with Crippen LogP contribution in [0, 0.1) is 0 Å². The Balaban J connectivity index is 1.93. The topological polar surface area (TPSA) is 133 Å². The fraction of sp³-hybridized carbons (Fsp3) is 0.227. The van der Waals surface area contributed by atoms with Crippen molar-refractivity contribution in [2.24, 2.45) is 7.05 Å². The molecule has 0 aliphatic rings. The van der Waals surface area contributed by atoms with Crippen molar-refractivity contribution in [2.75, 3.05) is 20.8 Å². The molecule has 0 saturated carbocycles. The predicted molar refractivity (Wildman–Crippen MR) is 131 cm³/mol. The number of pyridine rings is 1. The van der Waals surface area contributed by atoms with Gasteiger partial charge in [-0.3, -0.25) is 14.4 Å². The largest absolute Gasteiger partial charge is 0.495 e. The molecule has 0 radical (unpaired) electrons. The van der Waals surface area contributed by atoms with Gasteiger partial charge in [0.2, 0.25) is 10.0 Å². The van der Waals surface area contributed by atoms with Crippen LogP contribution in [-0.4, -0.2) is 51.7 Å². The van der Waals surface area contributed by atoms with E-state index in [4.69, 9.17) is 21.1 Å². The fourth-order valence-corrected chi connectivity index (χ4v) is 5.57. The number of sulfonamides is 1. The number of aryl methyl sites for hydroxylation is 1. The van der Waals surface area contributed by atoms with Gasteiger partial charge in [0, 0.05) is 25.4 Å². The van der Waals surface area contributed by atoms with E-state index in [-0.39, 0.29) is 33.9 Å². The number of para-hydroxylation sites is 1. The number of carbonyl (C=O) groups is 2. The van der Waals surface area contributed by atoms with Gasteiger partial charge in [0.15, 0.2) is 0 Å². The van der Waals surface area contributed by atoms with Crippen molar-refractivity contribution in [3.05, 3.63) is 68.2 Å². The van der Waals surface area contributed by atoms with Gasteiger partial charge in [0.25, 0.3) is 11.5 Å². The van der Waals surface area contributed by atoms with Gasteiger partial charge in [-0.2, -0.15) is 4.72 Å². The highest BCUT2D eigenvalue weighted by Crippen LogP contribution is 2.34. The molecular weight excluding hydrogens is 518 g/mol. The van der Waals surface area contributed by atoms with E-state index in [9.17, 15) is 22.8 Å². The Morgan fingerprint density at radius 1 is 1.11 bits per heavy atom. The van der Waals surface area contributed by atoms with Crippen molar-refractivity contribution < 1.29 is 27.5 Å². The minimum absolute atomic E-state index is 0.0795. The number of nitrogens with zero attached hydrogens (tertiary/aromatic N) is 1. The maximum Gasteiger partial charge on any atom is 0.325 e. The van der Waals surface area contributed by atoms with Gasteiger partial charge in [0.05, 0.1) is 29.0 Å². The molecule has 0 aliphatic heterocycles. The number of thiophene rings is 1. The molecule has 35 heavy (non-hydrogen) atoms. The zero-order chi connectivity index (χ0) is 25.8. The zero-order valence-corrected chi connectivity index (χ0v) is 21.3. The SMILES string of the molecule is COC(=O)[C@H](CNC(=O)c1ccc(Cl)s1)NS(=O)(=O)c1cccc(-c2cccn(C)c2=O)c1OC. The monoisotopic (exact) mass is 539 g/mol. The maximum atomic E-state index is 13.3. The summed E-state index contributed by atoms with van der Waals surface area (Å²) in [6.07, 6.45) is 1.57. The summed E-state index contributed by atoms with van der Waals surface area (Å²) >= 11 is 6.87. The highest BCUT2D eigenvalue weighted by Gasteiger charge is 2.30. The third-order valence-electron chi connectivity index (χ3n) is 4.93. The summed E-state index contributed by atoms with van der Waals surface area (Å²) < 4.78 is 40.7. The van der Waals surface area contributed by atoms with Gasteiger partial charge in [0.1, 0.15) is 16.7 Å². The lowest BCUT2D eigenvalue weighted by molar-refractivity contribution is -0.142. The Morgan fingerprint density at radius 2 is 1.83 bits per heavy atom. The van der Waals surface area contributed by atoms with Gasteiger partial charge in [-0.15, -0.1) is 11.3 Å². The van der Waals surface area contributed by atoms with Crippen LogP contribution in [0.2, 0.25) is 4.34 Å². The van der Waals surface area contributed by atoms with Crippen LogP contribution in [0.1, 0.15) is 9.67 Å². The van der Waals surface area contributed by atoms with Gasteiger partial charge >= 0.3 is 5.97 Å². The molecule has 1 atom stereocenters. The van der Waals surface area contributed by atoms with E-state index in [1.54, 1.807) is 37.5 Å². The van der Waals surface area contributed by atoms with Crippen LogP contribution < -0.4 is 20.3 Å². The summed E-state index contributed by atoms with van der Waals surface area (Å²) in [6, 6.07) is 9.08. The van der Waals surface area contributed by atoms with Crippen molar-refractivity contribution in [2.45, 2.75) is 10.9 Å². The quantitative estimate of drug-likeness (QED) is 0.397. The molecule has 0 aliphatic carbocycles. The van der Waals surface area contributed by atoms with Gasteiger partial charge in [-0.05, 0) is 30.3 Å².